The molecule has 1 atom stereocenters. The molecule has 1 aromatic carbocycles. The molecule has 1 unspecified atom stereocenters. The van der Waals surface area contributed by atoms with Gasteiger partial charge in [-0.1, -0.05) is 6.42 Å². The third-order valence-corrected chi connectivity index (χ3v) is 5.09. The Bertz CT molecular complexity index is 690. The molecule has 114 valence electrons. The number of hydrogen-bond donors (Lipinski definition) is 1. The molecule has 1 saturated carbocycles. The molecule has 0 bridgehead atoms. The molecule has 1 aromatic rings. The summed E-state index contributed by atoms with van der Waals surface area (Å²) in [5, 5.41) is 18.2. The molecule has 0 aromatic heterocycles. The smallest absolute Gasteiger partial charge is 0.254 e. The average Bonchev–Trinajstić information content (AvgIpc) is 2.81. The molecule has 1 aliphatic carbocycles. The van der Waals surface area contributed by atoms with Crippen LogP contribution in [0.15, 0.2) is 33.8 Å². The zero-order valence-corrected chi connectivity index (χ0v) is 13.8. The zero-order valence-electron chi connectivity index (χ0n) is 12.2. The molecule has 1 amide bonds. The lowest BCUT2D eigenvalue weighted by molar-refractivity contribution is -0.115. The number of fused-ring (bicyclic) bond motifs is 1. The summed E-state index contributed by atoms with van der Waals surface area (Å²) in [6, 6.07) is 7.52. The Morgan fingerprint density at radius 1 is 1.41 bits per heavy atom. The molecule has 22 heavy (non-hydrogen) atoms. The van der Waals surface area contributed by atoms with Crippen molar-refractivity contribution in [2.45, 2.75) is 38.1 Å². The summed E-state index contributed by atoms with van der Waals surface area (Å²) in [6.07, 6.45) is 4.54. The number of nitrogens with zero attached hydrogens (tertiary/aromatic N) is 2. The number of aliphatic hydroxyl groups excluding tert-OH is 1. The van der Waals surface area contributed by atoms with Crippen LogP contribution in [0.5, 0.6) is 0 Å². The second kappa shape index (κ2) is 6.23. The number of anilines is 1. The number of rotatable bonds is 3. The Balaban J connectivity index is 2.02. The van der Waals surface area contributed by atoms with E-state index in [-0.39, 0.29) is 18.6 Å². The lowest BCUT2D eigenvalue weighted by Crippen LogP contribution is -2.37. The number of halogens is 1. The first-order valence-corrected chi connectivity index (χ1v) is 8.32. The molecule has 3 rings (SSSR count). The minimum Gasteiger partial charge on any atom is -0.396 e. The first-order chi connectivity index (χ1) is 10.7. The Morgan fingerprint density at radius 3 is 2.91 bits per heavy atom. The molecule has 1 N–H and O–H groups in total. The monoisotopic (exact) mass is 360 g/mol. The summed E-state index contributed by atoms with van der Waals surface area (Å²) in [5.74, 6) is 0.00126. The van der Waals surface area contributed by atoms with E-state index in [9.17, 15) is 9.90 Å². The van der Waals surface area contributed by atoms with Crippen molar-refractivity contribution in [3.63, 3.8) is 0 Å². The Morgan fingerprint density at radius 2 is 2.23 bits per heavy atom. The fourth-order valence-electron chi connectivity index (χ4n) is 3.48. The van der Waals surface area contributed by atoms with Gasteiger partial charge in [-0.2, -0.15) is 5.26 Å². The second-order valence-electron chi connectivity index (χ2n) is 5.69. The highest BCUT2D eigenvalue weighted by Gasteiger charge is 2.40. The van der Waals surface area contributed by atoms with Gasteiger partial charge in [0.2, 0.25) is 0 Å². The van der Waals surface area contributed by atoms with Gasteiger partial charge in [-0.15, -0.1) is 0 Å². The number of amides is 1. The van der Waals surface area contributed by atoms with E-state index in [2.05, 4.69) is 22.0 Å². The molecule has 4 nitrogen and oxygen atoms in total. The summed E-state index contributed by atoms with van der Waals surface area (Å²) in [4.78, 5) is 14.7. The first-order valence-electron chi connectivity index (χ1n) is 7.53. The van der Waals surface area contributed by atoms with Crippen LogP contribution in [0.25, 0.3) is 0 Å². The lowest BCUT2D eigenvalue weighted by Gasteiger charge is -2.31. The van der Waals surface area contributed by atoms with E-state index in [4.69, 9.17) is 5.26 Å². The van der Waals surface area contributed by atoms with Crippen LogP contribution in [0, 0.1) is 11.3 Å². The van der Waals surface area contributed by atoms with Gasteiger partial charge < -0.3 is 10.0 Å². The normalized spacial score (nSPS) is 21.0. The molecular formula is C17H17BrN2O2. The van der Waals surface area contributed by atoms with Gasteiger partial charge in [0.15, 0.2) is 0 Å². The van der Waals surface area contributed by atoms with Gasteiger partial charge in [0.05, 0.1) is 23.4 Å². The van der Waals surface area contributed by atoms with Gasteiger partial charge in [0.25, 0.3) is 5.91 Å². The van der Waals surface area contributed by atoms with Gasteiger partial charge in [0.1, 0.15) is 0 Å². The van der Waals surface area contributed by atoms with E-state index in [0.29, 0.717) is 12.0 Å². The highest BCUT2D eigenvalue weighted by Crippen LogP contribution is 2.42. The number of aliphatic hydroxyl groups is 1. The van der Waals surface area contributed by atoms with Crippen molar-refractivity contribution in [1.82, 2.24) is 0 Å². The largest absolute Gasteiger partial charge is 0.396 e. The summed E-state index contributed by atoms with van der Waals surface area (Å²) >= 11 is 3.49. The molecule has 2 aliphatic rings. The van der Waals surface area contributed by atoms with Crippen molar-refractivity contribution in [2.24, 2.45) is 0 Å². The number of carbonyl (C=O) groups excluding carboxylic acids is 1. The van der Waals surface area contributed by atoms with Crippen molar-refractivity contribution >= 4 is 27.5 Å². The maximum absolute atomic E-state index is 12.8. The number of benzene rings is 1. The Kier molecular flexibility index (Phi) is 4.32. The third kappa shape index (κ3) is 2.47. The highest BCUT2D eigenvalue weighted by molar-refractivity contribution is 9.10. The van der Waals surface area contributed by atoms with E-state index < -0.39 is 0 Å². The van der Waals surface area contributed by atoms with Crippen LogP contribution in [0.2, 0.25) is 0 Å². The second-order valence-corrected chi connectivity index (χ2v) is 6.55. The number of carbonyl (C=O) groups is 1. The van der Waals surface area contributed by atoms with Crippen molar-refractivity contribution in [2.75, 3.05) is 11.5 Å². The molecule has 5 heteroatoms. The van der Waals surface area contributed by atoms with Crippen molar-refractivity contribution in [1.29, 1.82) is 5.26 Å². The quantitative estimate of drug-likeness (QED) is 0.899. The van der Waals surface area contributed by atoms with Gasteiger partial charge in [0, 0.05) is 23.1 Å². The maximum Gasteiger partial charge on any atom is 0.254 e. The van der Waals surface area contributed by atoms with Gasteiger partial charge in [-0.25, -0.2) is 0 Å². The van der Waals surface area contributed by atoms with E-state index >= 15 is 0 Å². The fraction of sp³-hybridized carbons (Fsp3) is 0.412. The summed E-state index contributed by atoms with van der Waals surface area (Å²) in [6.45, 7) is -0.000324. The Labute approximate surface area is 138 Å². The lowest BCUT2D eigenvalue weighted by atomic mass is 9.88. The van der Waals surface area contributed by atoms with Crippen molar-refractivity contribution < 1.29 is 9.90 Å². The third-order valence-electron chi connectivity index (χ3n) is 4.45. The van der Waals surface area contributed by atoms with Crippen LogP contribution in [-0.2, 0) is 4.79 Å². The molecular weight excluding hydrogens is 344 g/mol. The van der Waals surface area contributed by atoms with E-state index in [0.717, 1.165) is 41.4 Å². The van der Waals surface area contributed by atoms with Gasteiger partial charge in [-0.3, -0.25) is 4.79 Å². The summed E-state index contributed by atoms with van der Waals surface area (Å²) < 4.78 is 0.759. The highest BCUT2D eigenvalue weighted by atomic mass is 79.9. The first kappa shape index (κ1) is 15.3. The van der Waals surface area contributed by atoms with Gasteiger partial charge >= 0.3 is 0 Å². The van der Waals surface area contributed by atoms with Crippen molar-refractivity contribution in [3.05, 3.63) is 39.4 Å². The minimum absolute atomic E-state index is 0.000324. The molecule has 0 radical (unpaired) electrons. The van der Waals surface area contributed by atoms with Crippen molar-refractivity contribution in [3.8, 4) is 6.07 Å². The molecule has 0 spiro atoms. The van der Waals surface area contributed by atoms with E-state index in [1.807, 2.05) is 11.0 Å². The number of hydrogen-bond acceptors (Lipinski definition) is 3. The van der Waals surface area contributed by atoms with Crippen LogP contribution < -0.4 is 4.90 Å². The van der Waals surface area contributed by atoms with Crippen LogP contribution in [0.1, 0.15) is 37.7 Å². The Hall–Kier alpha value is -1.64. The maximum atomic E-state index is 12.8. The average molecular weight is 361 g/mol. The summed E-state index contributed by atoms with van der Waals surface area (Å²) in [5.41, 5.74) is 3.35. The molecule has 1 aliphatic heterocycles. The minimum atomic E-state index is -0.000324. The molecule has 1 heterocycles. The van der Waals surface area contributed by atoms with Crippen LogP contribution in [0.4, 0.5) is 5.69 Å². The summed E-state index contributed by atoms with van der Waals surface area (Å²) in [7, 11) is 0. The number of nitriles is 1. The fourth-order valence-corrected chi connectivity index (χ4v) is 4.05. The zero-order chi connectivity index (χ0) is 15.7. The van der Waals surface area contributed by atoms with Gasteiger partial charge in [-0.05, 0) is 59.0 Å². The van der Waals surface area contributed by atoms with Crippen LogP contribution in [-0.4, -0.2) is 23.7 Å². The molecule has 1 fully saturated rings. The predicted molar refractivity (Wildman–Crippen MR) is 87.3 cm³/mol. The standard InChI is InChI=1S/C17H17BrN2O2/c18-14-9-11(10-19)5-6-16(14)20-15-4-2-1-3-12(15)13(7-8-21)17(20)22/h5-6,9,15,21H,1-4,7-8H2. The predicted octanol–water partition coefficient (Wildman–Crippen LogP) is 3.29. The topological polar surface area (TPSA) is 64.3 Å². The van der Waals surface area contributed by atoms with Crippen LogP contribution in [0.3, 0.4) is 0 Å². The molecule has 0 saturated heterocycles. The van der Waals surface area contributed by atoms with E-state index in [1.54, 1.807) is 12.1 Å². The SMILES string of the molecule is N#Cc1ccc(N2C(=O)C(CCO)=C3CCCCC32)c(Br)c1. The van der Waals surface area contributed by atoms with E-state index in [1.165, 1.54) is 5.57 Å². The van der Waals surface area contributed by atoms with Crippen LogP contribution >= 0.6 is 15.9 Å².